The SMILES string of the molecule is COc1cccc(C2(c3ccc(Br)cc3)CN(CC3CC3)CCO2)c1. The molecule has 1 unspecified atom stereocenters. The van der Waals surface area contributed by atoms with Crippen LogP contribution in [-0.4, -0.2) is 38.3 Å². The molecule has 1 aliphatic heterocycles. The molecule has 2 aromatic rings. The van der Waals surface area contributed by atoms with Crippen molar-refractivity contribution in [3.63, 3.8) is 0 Å². The van der Waals surface area contributed by atoms with Crippen LogP contribution in [0.25, 0.3) is 0 Å². The van der Waals surface area contributed by atoms with Crippen LogP contribution in [0.1, 0.15) is 24.0 Å². The van der Waals surface area contributed by atoms with Gasteiger partial charge in [-0.1, -0.05) is 40.2 Å². The number of nitrogens with zero attached hydrogens (tertiary/aromatic N) is 1. The van der Waals surface area contributed by atoms with Gasteiger partial charge in [0.1, 0.15) is 11.4 Å². The third kappa shape index (κ3) is 3.62. The van der Waals surface area contributed by atoms with E-state index in [4.69, 9.17) is 9.47 Å². The van der Waals surface area contributed by atoms with Crippen LogP contribution in [0.2, 0.25) is 0 Å². The van der Waals surface area contributed by atoms with Gasteiger partial charge in [0.15, 0.2) is 0 Å². The third-order valence-electron chi connectivity index (χ3n) is 5.26. The number of ether oxygens (including phenoxy) is 2. The molecule has 132 valence electrons. The summed E-state index contributed by atoms with van der Waals surface area (Å²) in [5.74, 6) is 1.75. The topological polar surface area (TPSA) is 21.7 Å². The van der Waals surface area contributed by atoms with Crippen molar-refractivity contribution >= 4 is 15.9 Å². The molecule has 1 heterocycles. The second-order valence-electron chi connectivity index (χ2n) is 7.09. The lowest BCUT2D eigenvalue weighted by Crippen LogP contribution is -2.51. The van der Waals surface area contributed by atoms with E-state index >= 15 is 0 Å². The van der Waals surface area contributed by atoms with E-state index in [0.717, 1.165) is 41.4 Å². The molecule has 0 amide bonds. The Balaban J connectivity index is 1.74. The maximum atomic E-state index is 6.50. The number of rotatable bonds is 5. The molecule has 0 bridgehead atoms. The average Bonchev–Trinajstić information content (AvgIpc) is 3.46. The fraction of sp³-hybridized carbons (Fsp3) is 0.429. The molecule has 0 aromatic heterocycles. The van der Waals surface area contributed by atoms with Gasteiger partial charge in [0.05, 0.1) is 13.7 Å². The van der Waals surface area contributed by atoms with E-state index in [9.17, 15) is 0 Å². The summed E-state index contributed by atoms with van der Waals surface area (Å²) in [5.41, 5.74) is 1.92. The number of halogens is 1. The van der Waals surface area contributed by atoms with Crippen LogP contribution in [0, 0.1) is 5.92 Å². The second-order valence-corrected chi connectivity index (χ2v) is 8.01. The Bertz CT molecular complexity index is 729. The summed E-state index contributed by atoms with van der Waals surface area (Å²) in [6.07, 6.45) is 2.75. The average molecular weight is 402 g/mol. The van der Waals surface area contributed by atoms with Gasteiger partial charge in [0, 0.05) is 24.1 Å². The van der Waals surface area contributed by atoms with Crippen LogP contribution in [-0.2, 0) is 10.3 Å². The fourth-order valence-electron chi connectivity index (χ4n) is 3.72. The van der Waals surface area contributed by atoms with Crippen molar-refractivity contribution in [2.24, 2.45) is 5.92 Å². The predicted octanol–water partition coefficient (Wildman–Crippen LogP) is 4.44. The van der Waals surface area contributed by atoms with Crippen LogP contribution in [0.3, 0.4) is 0 Å². The highest BCUT2D eigenvalue weighted by Gasteiger charge is 2.41. The number of morpholine rings is 1. The number of hydrogen-bond donors (Lipinski definition) is 0. The number of hydrogen-bond acceptors (Lipinski definition) is 3. The largest absolute Gasteiger partial charge is 0.497 e. The van der Waals surface area contributed by atoms with Gasteiger partial charge >= 0.3 is 0 Å². The van der Waals surface area contributed by atoms with Crippen LogP contribution in [0.15, 0.2) is 53.0 Å². The highest BCUT2D eigenvalue weighted by atomic mass is 79.9. The lowest BCUT2D eigenvalue weighted by Gasteiger charge is -2.44. The Morgan fingerprint density at radius 1 is 1.16 bits per heavy atom. The summed E-state index contributed by atoms with van der Waals surface area (Å²) >= 11 is 3.55. The Morgan fingerprint density at radius 3 is 2.68 bits per heavy atom. The van der Waals surface area contributed by atoms with Crippen molar-refractivity contribution in [2.45, 2.75) is 18.4 Å². The Kier molecular flexibility index (Phi) is 4.85. The Hall–Kier alpha value is -1.36. The van der Waals surface area contributed by atoms with Crippen LogP contribution in [0.5, 0.6) is 5.75 Å². The zero-order valence-corrected chi connectivity index (χ0v) is 16.2. The highest BCUT2D eigenvalue weighted by molar-refractivity contribution is 9.10. The minimum absolute atomic E-state index is 0.442. The van der Waals surface area contributed by atoms with E-state index in [1.54, 1.807) is 7.11 Å². The zero-order chi connectivity index (χ0) is 17.3. The molecule has 1 saturated heterocycles. The van der Waals surface area contributed by atoms with E-state index < -0.39 is 5.60 Å². The summed E-state index contributed by atoms with van der Waals surface area (Å²) in [6.45, 7) is 3.84. The summed E-state index contributed by atoms with van der Waals surface area (Å²) in [5, 5.41) is 0. The molecule has 4 rings (SSSR count). The molecule has 0 N–H and O–H groups in total. The van der Waals surface area contributed by atoms with Crippen LogP contribution in [0.4, 0.5) is 0 Å². The summed E-state index contributed by atoms with van der Waals surface area (Å²) in [6, 6.07) is 16.9. The second kappa shape index (κ2) is 7.10. The first-order valence-corrected chi connectivity index (χ1v) is 9.76. The standard InChI is InChI=1S/C21H24BrNO2/c1-24-20-4-2-3-18(13-20)21(17-7-9-19(22)10-8-17)15-23(11-12-25-21)14-16-5-6-16/h2-4,7-10,13,16H,5-6,11-12,14-15H2,1H3. The predicted molar refractivity (Wildman–Crippen MR) is 103 cm³/mol. The minimum Gasteiger partial charge on any atom is -0.497 e. The first kappa shape index (κ1) is 17.1. The Labute approximate surface area is 158 Å². The summed E-state index contributed by atoms with van der Waals surface area (Å²) in [4.78, 5) is 2.57. The first-order chi connectivity index (χ1) is 12.2. The van der Waals surface area contributed by atoms with E-state index in [0.29, 0.717) is 0 Å². The monoisotopic (exact) mass is 401 g/mol. The van der Waals surface area contributed by atoms with Gasteiger partial charge in [-0.25, -0.2) is 0 Å². The maximum Gasteiger partial charge on any atom is 0.131 e. The van der Waals surface area contributed by atoms with Crippen molar-refractivity contribution < 1.29 is 9.47 Å². The van der Waals surface area contributed by atoms with Crippen molar-refractivity contribution in [1.29, 1.82) is 0 Å². The first-order valence-electron chi connectivity index (χ1n) is 8.96. The smallest absolute Gasteiger partial charge is 0.131 e. The number of methoxy groups -OCH3 is 1. The lowest BCUT2D eigenvalue weighted by molar-refractivity contribution is -0.0893. The minimum atomic E-state index is -0.442. The van der Waals surface area contributed by atoms with E-state index in [2.05, 4.69) is 63.3 Å². The van der Waals surface area contributed by atoms with Gasteiger partial charge in [-0.05, 0) is 54.2 Å². The Morgan fingerprint density at radius 2 is 1.96 bits per heavy atom. The highest BCUT2D eigenvalue weighted by Crippen LogP contribution is 2.40. The lowest BCUT2D eigenvalue weighted by atomic mass is 9.84. The van der Waals surface area contributed by atoms with Gasteiger partial charge < -0.3 is 9.47 Å². The zero-order valence-electron chi connectivity index (χ0n) is 14.6. The molecule has 1 saturated carbocycles. The van der Waals surface area contributed by atoms with Crippen LogP contribution >= 0.6 is 15.9 Å². The van der Waals surface area contributed by atoms with Crippen molar-refractivity contribution in [2.75, 3.05) is 33.4 Å². The molecule has 4 heteroatoms. The molecular formula is C21H24BrNO2. The molecule has 0 spiro atoms. The number of benzene rings is 2. The normalized spacial score (nSPS) is 24.2. The molecule has 1 aliphatic carbocycles. The molecular weight excluding hydrogens is 378 g/mol. The summed E-state index contributed by atoms with van der Waals surface area (Å²) < 4.78 is 13.1. The molecule has 2 aliphatic rings. The van der Waals surface area contributed by atoms with E-state index in [1.165, 1.54) is 24.9 Å². The maximum absolute atomic E-state index is 6.50. The van der Waals surface area contributed by atoms with Gasteiger partial charge in [0.25, 0.3) is 0 Å². The van der Waals surface area contributed by atoms with Crippen LogP contribution < -0.4 is 4.74 Å². The van der Waals surface area contributed by atoms with Gasteiger partial charge in [0.2, 0.25) is 0 Å². The third-order valence-corrected chi connectivity index (χ3v) is 5.79. The fourth-order valence-corrected chi connectivity index (χ4v) is 3.98. The molecule has 2 fully saturated rings. The van der Waals surface area contributed by atoms with Crippen molar-refractivity contribution in [3.8, 4) is 5.75 Å². The van der Waals surface area contributed by atoms with Gasteiger partial charge in [-0.15, -0.1) is 0 Å². The van der Waals surface area contributed by atoms with Crippen molar-refractivity contribution in [3.05, 3.63) is 64.1 Å². The quantitative estimate of drug-likeness (QED) is 0.738. The van der Waals surface area contributed by atoms with E-state index in [1.807, 2.05) is 6.07 Å². The molecule has 0 radical (unpaired) electrons. The van der Waals surface area contributed by atoms with Crippen molar-refractivity contribution in [1.82, 2.24) is 4.90 Å². The van der Waals surface area contributed by atoms with Gasteiger partial charge in [-0.3, -0.25) is 4.90 Å². The molecule has 25 heavy (non-hydrogen) atoms. The molecule has 3 nitrogen and oxygen atoms in total. The molecule has 2 aromatic carbocycles. The molecule has 1 atom stereocenters. The van der Waals surface area contributed by atoms with E-state index in [-0.39, 0.29) is 0 Å². The summed E-state index contributed by atoms with van der Waals surface area (Å²) in [7, 11) is 1.71. The van der Waals surface area contributed by atoms with Gasteiger partial charge in [-0.2, -0.15) is 0 Å².